The summed E-state index contributed by atoms with van der Waals surface area (Å²) in [4.78, 5) is 27.6. The largest absolute Gasteiger partial charge is 0.497 e. The number of amides is 2. The number of hydrogen-bond acceptors (Lipinski definition) is 5. The van der Waals surface area contributed by atoms with E-state index in [2.05, 4.69) is 5.32 Å². The Balaban J connectivity index is 1.58. The van der Waals surface area contributed by atoms with Crippen LogP contribution in [0.5, 0.6) is 11.5 Å². The zero-order valence-electron chi connectivity index (χ0n) is 20.5. The zero-order chi connectivity index (χ0) is 25.5. The zero-order valence-corrected chi connectivity index (χ0v) is 20.5. The number of aromatic nitrogens is 2. The number of anilines is 1. The average molecular weight is 485 g/mol. The highest BCUT2D eigenvalue weighted by Gasteiger charge is 2.20. The predicted molar refractivity (Wildman–Crippen MR) is 139 cm³/mol. The van der Waals surface area contributed by atoms with Crippen LogP contribution in [0.4, 0.5) is 5.82 Å². The van der Waals surface area contributed by atoms with Crippen molar-refractivity contribution >= 4 is 17.6 Å². The van der Waals surface area contributed by atoms with Crippen molar-refractivity contribution in [2.45, 2.75) is 6.92 Å². The summed E-state index contributed by atoms with van der Waals surface area (Å²) < 4.78 is 12.1. The van der Waals surface area contributed by atoms with Crippen molar-refractivity contribution in [3.63, 3.8) is 0 Å². The molecule has 3 aromatic carbocycles. The Kier molecular flexibility index (Phi) is 7.65. The highest BCUT2D eigenvalue weighted by molar-refractivity contribution is 5.99. The Hall–Kier alpha value is -4.59. The maximum Gasteiger partial charge on any atom is 0.254 e. The van der Waals surface area contributed by atoms with E-state index in [0.29, 0.717) is 29.4 Å². The van der Waals surface area contributed by atoms with E-state index in [0.717, 1.165) is 17.0 Å². The van der Waals surface area contributed by atoms with Gasteiger partial charge in [-0.2, -0.15) is 5.10 Å². The molecule has 184 valence electrons. The van der Waals surface area contributed by atoms with Crippen LogP contribution in [0.2, 0.25) is 0 Å². The number of methoxy groups -OCH3 is 2. The molecule has 0 aliphatic carbocycles. The molecule has 0 bridgehead atoms. The van der Waals surface area contributed by atoms with Crippen LogP contribution in [0, 0.1) is 0 Å². The lowest BCUT2D eigenvalue weighted by Crippen LogP contribution is -2.38. The summed E-state index contributed by atoms with van der Waals surface area (Å²) >= 11 is 0. The molecule has 1 N–H and O–H groups in total. The molecule has 1 heterocycles. The normalized spacial score (nSPS) is 10.5. The van der Waals surface area contributed by atoms with Crippen molar-refractivity contribution < 1.29 is 19.1 Å². The van der Waals surface area contributed by atoms with Crippen molar-refractivity contribution in [3.05, 3.63) is 90.5 Å². The third kappa shape index (κ3) is 5.55. The number of carbonyl (C=O) groups excluding carboxylic acids is 2. The van der Waals surface area contributed by atoms with E-state index in [9.17, 15) is 9.59 Å². The van der Waals surface area contributed by atoms with E-state index in [4.69, 9.17) is 14.6 Å². The van der Waals surface area contributed by atoms with Crippen molar-refractivity contribution in [2.24, 2.45) is 0 Å². The van der Waals surface area contributed by atoms with Crippen LogP contribution in [-0.2, 0) is 4.79 Å². The molecule has 0 spiro atoms. The van der Waals surface area contributed by atoms with E-state index in [-0.39, 0.29) is 18.4 Å². The predicted octanol–water partition coefficient (Wildman–Crippen LogP) is 4.66. The summed E-state index contributed by atoms with van der Waals surface area (Å²) in [6.45, 7) is 2.10. The van der Waals surface area contributed by atoms with Crippen molar-refractivity contribution in [2.75, 3.05) is 32.6 Å². The van der Waals surface area contributed by atoms with Gasteiger partial charge in [0.1, 0.15) is 23.9 Å². The summed E-state index contributed by atoms with van der Waals surface area (Å²) in [6, 6.07) is 25.8. The van der Waals surface area contributed by atoms with Crippen LogP contribution in [-0.4, -0.2) is 53.8 Å². The highest BCUT2D eigenvalue weighted by atomic mass is 16.5. The van der Waals surface area contributed by atoms with Gasteiger partial charge < -0.3 is 19.7 Å². The molecule has 2 amide bonds. The van der Waals surface area contributed by atoms with Gasteiger partial charge in [0.2, 0.25) is 5.91 Å². The fourth-order valence-corrected chi connectivity index (χ4v) is 3.76. The summed E-state index contributed by atoms with van der Waals surface area (Å²) in [7, 11) is 3.15. The second kappa shape index (κ2) is 11.2. The molecule has 0 saturated heterocycles. The maximum absolute atomic E-state index is 13.1. The minimum absolute atomic E-state index is 0.110. The molecule has 8 heteroatoms. The van der Waals surface area contributed by atoms with Gasteiger partial charge in [-0.3, -0.25) is 9.59 Å². The molecule has 4 aromatic rings. The molecule has 4 rings (SSSR count). The van der Waals surface area contributed by atoms with Gasteiger partial charge in [-0.05, 0) is 49.4 Å². The number of nitrogens with one attached hydrogen (secondary N) is 1. The molecule has 0 aliphatic rings. The summed E-state index contributed by atoms with van der Waals surface area (Å²) in [6.07, 6.45) is 0. The van der Waals surface area contributed by atoms with Gasteiger partial charge in [0.15, 0.2) is 0 Å². The SMILES string of the molecule is CCN(CC(=O)Nc1cc(-c2ccccc2)nn1-c1ccc(OC)cc1)C(=O)c1cccc(OC)c1. The Bertz CT molecular complexity index is 1330. The third-order valence-electron chi connectivity index (χ3n) is 5.68. The van der Waals surface area contributed by atoms with Crippen LogP contribution in [0.1, 0.15) is 17.3 Å². The molecular formula is C28H28N4O4. The van der Waals surface area contributed by atoms with Crippen LogP contribution >= 0.6 is 0 Å². The summed E-state index contributed by atoms with van der Waals surface area (Å²) in [5.74, 6) is 1.21. The van der Waals surface area contributed by atoms with E-state index in [1.54, 1.807) is 43.2 Å². The lowest BCUT2D eigenvalue weighted by molar-refractivity contribution is -0.116. The monoisotopic (exact) mass is 484 g/mol. The summed E-state index contributed by atoms with van der Waals surface area (Å²) in [5.41, 5.74) is 2.84. The molecule has 0 unspecified atom stereocenters. The molecule has 0 saturated carbocycles. The number of nitrogens with zero attached hydrogens (tertiary/aromatic N) is 3. The smallest absolute Gasteiger partial charge is 0.254 e. The fourth-order valence-electron chi connectivity index (χ4n) is 3.76. The van der Waals surface area contributed by atoms with Crippen molar-refractivity contribution in [3.8, 4) is 28.4 Å². The average Bonchev–Trinajstić information content (AvgIpc) is 3.35. The maximum atomic E-state index is 13.1. The van der Waals surface area contributed by atoms with Gasteiger partial charge in [-0.15, -0.1) is 0 Å². The third-order valence-corrected chi connectivity index (χ3v) is 5.68. The first-order valence-electron chi connectivity index (χ1n) is 11.6. The first-order chi connectivity index (χ1) is 17.5. The molecular weight excluding hydrogens is 456 g/mol. The lowest BCUT2D eigenvalue weighted by Gasteiger charge is -2.21. The quantitative estimate of drug-likeness (QED) is 0.374. The Morgan fingerprint density at radius 3 is 2.28 bits per heavy atom. The van der Waals surface area contributed by atoms with Crippen molar-refractivity contribution in [1.29, 1.82) is 0 Å². The molecule has 0 radical (unpaired) electrons. The summed E-state index contributed by atoms with van der Waals surface area (Å²) in [5, 5.41) is 7.66. The van der Waals surface area contributed by atoms with Gasteiger partial charge >= 0.3 is 0 Å². The van der Waals surface area contributed by atoms with Gasteiger partial charge in [0.05, 0.1) is 25.6 Å². The van der Waals surface area contributed by atoms with Crippen LogP contribution in [0.3, 0.4) is 0 Å². The highest BCUT2D eigenvalue weighted by Crippen LogP contribution is 2.26. The number of hydrogen-bond donors (Lipinski definition) is 1. The standard InChI is InChI=1S/C28H28N4O4/c1-4-31(28(34)21-11-8-12-24(17-21)36-3)19-27(33)29-26-18-25(20-9-6-5-7-10-20)30-32(26)22-13-15-23(35-2)16-14-22/h5-18H,4,19H2,1-3H3,(H,29,33). The van der Waals surface area contributed by atoms with Gasteiger partial charge in [-0.25, -0.2) is 4.68 Å². The number of carbonyl (C=O) groups is 2. The Morgan fingerprint density at radius 2 is 1.61 bits per heavy atom. The lowest BCUT2D eigenvalue weighted by atomic mass is 10.1. The number of rotatable bonds is 9. The topological polar surface area (TPSA) is 85.7 Å². The van der Waals surface area contributed by atoms with E-state index in [1.165, 1.54) is 4.90 Å². The molecule has 0 fully saturated rings. The first kappa shape index (κ1) is 24.5. The van der Waals surface area contributed by atoms with Crippen LogP contribution in [0.25, 0.3) is 16.9 Å². The Labute approximate surface area is 210 Å². The van der Waals surface area contributed by atoms with Crippen molar-refractivity contribution in [1.82, 2.24) is 14.7 Å². The van der Waals surface area contributed by atoms with Crippen LogP contribution < -0.4 is 14.8 Å². The Morgan fingerprint density at radius 1 is 0.889 bits per heavy atom. The van der Waals surface area contributed by atoms with E-state index >= 15 is 0 Å². The fraction of sp³-hybridized carbons (Fsp3) is 0.179. The number of likely N-dealkylation sites (N-methyl/N-ethyl adjacent to an activating group) is 1. The minimum Gasteiger partial charge on any atom is -0.497 e. The second-order valence-electron chi connectivity index (χ2n) is 7.99. The second-order valence-corrected chi connectivity index (χ2v) is 7.99. The molecule has 36 heavy (non-hydrogen) atoms. The molecule has 1 aromatic heterocycles. The molecule has 8 nitrogen and oxygen atoms in total. The molecule has 0 atom stereocenters. The van der Waals surface area contributed by atoms with E-state index in [1.807, 2.05) is 67.6 Å². The van der Waals surface area contributed by atoms with Crippen LogP contribution in [0.15, 0.2) is 84.9 Å². The number of benzene rings is 3. The minimum atomic E-state index is -0.331. The van der Waals surface area contributed by atoms with Gasteiger partial charge in [0, 0.05) is 23.7 Å². The van der Waals surface area contributed by atoms with Gasteiger partial charge in [0.25, 0.3) is 5.91 Å². The van der Waals surface area contributed by atoms with Gasteiger partial charge in [-0.1, -0.05) is 36.4 Å². The number of ether oxygens (including phenoxy) is 2. The van der Waals surface area contributed by atoms with E-state index < -0.39 is 0 Å². The first-order valence-corrected chi connectivity index (χ1v) is 11.6. The molecule has 0 aliphatic heterocycles.